The number of carbonyl (C=O) groups is 2. The molecule has 3 rings (SSSR count). The number of carbonyl (C=O) groups excluding carboxylic acids is 2. The Morgan fingerprint density at radius 3 is 2.41 bits per heavy atom. The van der Waals surface area contributed by atoms with Crippen LogP contribution in [-0.2, 0) is 23.1 Å². The number of benzene rings is 1. The van der Waals surface area contributed by atoms with Crippen LogP contribution in [0.1, 0.15) is 45.1 Å². The Morgan fingerprint density at radius 2 is 1.83 bits per heavy atom. The predicted octanol–water partition coefficient (Wildman–Crippen LogP) is 3.55. The zero-order valence-electron chi connectivity index (χ0n) is 17.6. The van der Waals surface area contributed by atoms with Crippen LogP contribution in [-0.4, -0.2) is 27.6 Å². The maximum absolute atomic E-state index is 12.9. The van der Waals surface area contributed by atoms with E-state index in [0.29, 0.717) is 23.9 Å². The number of hydrogen-bond acceptors (Lipinski definition) is 3. The van der Waals surface area contributed by atoms with Crippen molar-refractivity contribution in [3.63, 3.8) is 0 Å². The summed E-state index contributed by atoms with van der Waals surface area (Å²) in [5, 5.41) is 9.99. The van der Waals surface area contributed by atoms with Crippen LogP contribution in [0.3, 0.4) is 0 Å². The molecule has 0 bridgehead atoms. The number of nitrogens with one attached hydrogen (secondary N) is 2. The highest BCUT2D eigenvalue weighted by atomic mass is 16.2. The highest BCUT2D eigenvalue weighted by molar-refractivity contribution is 5.97. The molecule has 0 radical (unpaired) electrons. The molecule has 0 spiro atoms. The second-order valence-electron chi connectivity index (χ2n) is 8.50. The molecule has 1 atom stereocenters. The molecule has 2 aromatic rings. The molecule has 1 heterocycles. The van der Waals surface area contributed by atoms with Gasteiger partial charge in [-0.15, -0.1) is 0 Å². The van der Waals surface area contributed by atoms with Crippen LogP contribution < -0.4 is 10.6 Å². The Bertz CT molecular complexity index is 807. The van der Waals surface area contributed by atoms with Gasteiger partial charge in [-0.3, -0.25) is 14.3 Å². The summed E-state index contributed by atoms with van der Waals surface area (Å²) in [6, 6.07) is 9.17. The maximum atomic E-state index is 12.9. The quantitative estimate of drug-likeness (QED) is 0.751. The van der Waals surface area contributed by atoms with E-state index in [1.807, 2.05) is 30.3 Å². The van der Waals surface area contributed by atoms with Crippen LogP contribution in [0.25, 0.3) is 0 Å². The van der Waals surface area contributed by atoms with Crippen LogP contribution in [0.5, 0.6) is 0 Å². The molecule has 0 unspecified atom stereocenters. The molecule has 1 aliphatic rings. The molecule has 6 nitrogen and oxygen atoms in total. The first-order chi connectivity index (χ1) is 13.9. The Hall–Kier alpha value is -2.63. The number of hydrogen-bond donors (Lipinski definition) is 2. The monoisotopic (exact) mass is 396 g/mol. The SMILES string of the molecule is CC(C)C1CCC(C(=O)N[C@H](Cc2ccccc2)C(=O)Nc2cnn(C)c2)CC1. The molecule has 6 heteroatoms. The van der Waals surface area contributed by atoms with Gasteiger partial charge in [-0.25, -0.2) is 0 Å². The normalized spacial score (nSPS) is 20.3. The first-order valence-electron chi connectivity index (χ1n) is 10.6. The number of anilines is 1. The number of rotatable bonds is 7. The molecule has 1 aliphatic carbocycles. The zero-order chi connectivity index (χ0) is 20.8. The van der Waals surface area contributed by atoms with Crippen molar-refractivity contribution in [1.82, 2.24) is 15.1 Å². The van der Waals surface area contributed by atoms with Gasteiger partial charge < -0.3 is 10.6 Å². The summed E-state index contributed by atoms with van der Waals surface area (Å²) in [7, 11) is 1.80. The highest BCUT2D eigenvalue weighted by Crippen LogP contribution is 2.33. The number of nitrogens with zero attached hydrogens (tertiary/aromatic N) is 2. The second-order valence-corrected chi connectivity index (χ2v) is 8.50. The van der Waals surface area contributed by atoms with E-state index in [4.69, 9.17) is 0 Å². The summed E-state index contributed by atoms with van der Waals surface area (Å²) in [5.41, 5.74) is 1.64. The summed E-state index contributed by atoms with van der Waals surface area (Å²) in [6.45, 7) is 4.51. The van der Waals surface area contributed by atoms with E-state index >= 15 is 0 Å². The summed E-state index contributed by atoms with van der Waals surface area (Å²) in [4.78, 5) is 25.9. The first kappa shape index (κ1) is 21.1. The van der Waals surface area contributed by atoms with Gasteiger partial charge in [-0.05, 0) is 43.1 Å². The lowest BCUT2D eigenvalue weighted by Gasteiger charge is -2.31. The predicted molar refractivity (Wildman–Crippen MR) is 114 cm³/mol. The van der Waals surface area contributed by atoms with Crippen LogP contribution in [0.4, 0.5) is 5.69 Å². The van der Waals surface area contributed by atoms with E-state index < -0.39 is 6.04 Å². The number of amides is 2. The zero-order valence-corrected chi connectivity index (χ0v) is 17.6. The van der Waals surface area contributed by atoms with E-state index in [2.05, 4.69) is 29.6 Å². The van der Waals surface area contributed by atoms with Crippen LogP contribution in [0.15, 0.2) is 42.7 Å². The van der Waals surface area contributed by atoms with Crippen LogP contribution >= 0.6 is 0 Å². The van der Waals surface area contributed by atoms with Gasteiger partial charge in [0.2, 0.25) is 11.8 Å². The molecule has 0 saturated heterocycles. The molecule has 156 valence electrons. The molecule has 29 heavy (non-hydrogen) atoms. The lowest BCUT2D eigenvalue weighted by Crippen LogP contribution is -2.47. The second kappa shape index (κ2) is 9.72. The third-order valence-corrected chi connectivity index (χ3v) is 5.97. The Labute approximate surface area is 173 Å². The standard InChI is InChI=1S/C23H32N4O2/c1-16(2)18-9-11-19(12-10-18)22(28)26-21(13-17-7-5-4-6-8-17)23(29)25-20-14-24-27(3)15-20/h4-8,14-16,18-19,21H,9-13H2,1-3H3,(H,25,29)(H,26,28)/t18?,19?,21-/m1/s1. The molecule has 1 saturated carbocycles. The lowest BCUT2D eigenvalue weighted by molar-refractivity contribution is -0.130. The van der Waals surface area contributed by atoms with Crippen molar-refractivity contribution in [1.29, 1.82) is 0 Å². The summed E-state index contributed by atoms with van der Waals surface area (Å²) >= 11 is 0. The smallest absolute Gasteiger partial charge is 0.247 e. The Kier molecular flexibility index (Phi) is 7.07. The topological polar surface area (TPSA) is 76.0 Å². The third-order valence-electron chi connectivity index (χ3n) is 5.97. The van der Waals surface area contributed by atoms with Gasteiger partial charge in [0, 0.05) is 25.6 Å². The van der Waals surface area contributed by atoms with Crippen molar-refractivity contribution in [3.8, 4) is 0 Å². The van der Waals surface area contributed by atoms with Crippen molar-refractivity contribution in [2.45, 2.75) is 52.0 Å². The van der Waals surface area contributed by atoms with Gasteiger partial charge in [0.1, 0.15) is 6.04 Å². The maximum Gasteiger partial charge on any atom is 0.247 e. The largest absolute Gasteiger partial charge is 0.344 e. The fraction of sp³-hybridized carbons (Fsp3) is 0.522. The molecule has 2 N–H and O–H groups in total. The minimum Gasteiger partial charge on any atom is -0.344 e. The summed E-state index contributed by atoms with van der Waals surface area (Å²) < 4.78 is 1.63. The van der Waals surface area contributed by atoms with E-state index in [0.717, 1.165) is 31.2 Å². The summed E-state index contributed by atoms with van der Waals surface area (Å²) in [5.74, 6) is 1.14. The first-order valence-corrected chi connectivity index (χ1v) is 10.6. The average molecular weight is 397 g/mol. The van der Waals surface area contributed by atoms with Gasteiger partial charge >= 0.3 is 0 Å². The average Bonchev–Trinajstić information content (AvgIpc) is 3.12. The van der Waals surface area contributed by atoms with Gasteiger partial charge in [0.05, 0.1) is 11.9 Å². The minimum atomic E-state index is -0.618. The Morgan fingerprint density at radius 1 is 1.14 bits per heavy atom. The van der Waals surface area contributed by atoms with Crippen molar-refractivity contribution in [2.24, 2.45) is 24.8 Å². The molecular weight excluding hydrogens is 364 g/mol. The van der Waals surface area contributed by atoms with E-state index in [9.17, 15) is 9.59 Å². The molecule has 1 aromatic carbocycles. The molecule has 1 fully saturated rings. The van der Waals surface area contributed by atoms with Crippen molar-refractivity contribution in [2.75, 3.05) is 5.32 Å². The van der Waals surface area contributed by atoms with Crippen molar-refractivity contribution >= 4 is 17.5 Å². The van der Waals surface area contributed by atoms with Crippen molar-refractivity contribution in [3.05, 3.63) is 48.3 Å². The summed E-state index contributed by atoms with van der Waals surface area (Å²) in [6.07, 6.45) is 7.77. The molecule has 1 aromatic heterocycles. The van der Waals surface area contributed by atoms with E-state index in [1.54, 1.807) is 24.1 Å². The highest BCUT2D eigenvalue weighted by Gasteiger charge is 2.30. The van der Waals surface area contributed by atoms with Gasteiger partial charge in [-0.2, -0.15) is 5.10 Å². The van der Waals surface area contributed by atoms with E-state index in [-0.39, 0.29) is 17.7 Å². The van der Waals surface area contributed by atoms with Crippen LogP contribution in [0, 0.1) is 17.8 Å². The molecule has 0 aliphatic heterocycles. The van der Waals surface area contributed by atoms with Crippen LogP contribution in [0.2, 0.25) is 0 Å². The number of aromatic nitrogens is 2. The van der Waals surface area contributed by atoms with Gasteiger partial charge in [0.25, 0.3) is 0 Å². The van der Waals surface area contributed by atoms with E-state index in [1.165, 1.54) is 0 Å². The van der Waals surface area contributed by atoms with Crippen molar-refractivity contribution < 1.29 is 9.59 Å². The fourth-order valence-electron chi connectivity index (χ4n) is 4.11. The lowest BCUT2D eigenvalue weighted by atomic mass is 9.76. The van der Waals surface area contributed by atoms with Gasteiger partial charge in [0.15, 0.2) is 0 Å². The third kappa shape index (κ3) is 5.92. The molecular formula is C23H32N4O2. The Balaban J connectivity index is 1.65. The van der Waals surface area contributed by atoms with Gasteiger partial charge in [-0.1, -0.05) is 44.2 Å². The number of aryl methyl sites for hydroxylation is 1. The molecule has 2 amide bonds. The fourth-order valence-corrected chi connectivity index (χ4v) is 4.11. The minimum absolute atomic E-state index is 0.00512.